The first-order valence-corrected chi connectivity index (χ1v) is 11.9. The van der Waals surface area contributed by atoms with Gasteiger partial charge in [0.1, 0.15) is 26.4 Å². The van der Waals surface area contributed by atoms with Gasteiger partial charge in [0.15, 0.2) is 0 Å². The van der Waals surface area contributed by atoms with E-state index in [0.29, 0.717) is 25.8 Å². The molecule has 0 aromatic carbocycles. The topological polar surface area (TPSA) is 149 Å². The summed E-state index contributed by atoms with van der Waals surface area (Å²) in [7, 11) is 0. The van der Waals surface area contributed by atoms with E-state index in [1.807, 2.05) is 20.8 Å². The molecule has 0 saturated heterocycles. The Morgan fingerprint density at radius 2 is 1.31 bits per heavy atom. The molecule has 2 unspecified atom stereocenters. The molecule has 0 radical (unpaired) electrons. The maximum atomic E-state index is 12.2. The summed E-state index contributed by atoms with van der Waals surface area (Å²) in [6, 6.07) is -0.366. The Morgan fingerprint density at radius 1 is 0.833 bits per heavy atom. The van der Waals surface area contributed by atoms with Crippen molar-refractivity contribution in [1.82, 2.24) is 10.6 Å². The first-order valence-electron chi connectivity index (χ1n) is 11.9. The van der Waals surface area contributed by atoms with E-state index in [9.17, 15) is 24.3 Å². The minimum absolute atomic E-state index is 0.0506. The van der Waals surface area contributed by atoms with Crippen LogP contribution in [-0.2, 0) is 28.5 Å². The Morgan fingerprint density at radius 3 is 1.78 bits per heavy atom. The predicted molar refractivity (Wildman–Crippen MR) is 133 cm³/mol. The second-order valence-corrected chi connectivity index (χ2v) is 9.33. The zero-order valence-corrected chi connectivity index (χ0v) is 22.1. The van der Waals surface area contributed by atoms with Gasteiger partial charge in [-0.25, -0.2) is 19.2 Å². The van der Waals surface area contributed by atoms with Gasteiger partial charge in [-0.05, 0) is 44.4 Å². The van der Waals surface area contributed by atoms with E-state index in [0.717, 1.165) is 0 Å². The number of nitrogens with one attached hydrogen (secondary N) is 2. The number of rotatable bonds is 17. The van der Waals surface area contributed by atoms with E-state index < -0.39 is 24.1 Å². The van der Waals surface area contributed by atoms with E-state index in [2.05, 4.69) is 23.8 Å². The van der Waals surface area contributed by atoms with Crippen molar-refractivity contribution in [2.45, 2.75) is 59.9 Å². The lowest BCUT2D eigenvalue weighted by Gasteiger charge is -2.36. The highest BCUT2D eigenvalue weighted by Crippen LogP contribution is 2.32. The molecule has 206 valence electrons. The number of carbonyl (C=O) groups is 4. The van der Waals surface area contributed by atoms with Crippen LogP contribution in [0.2, 0.25) is 0 Å². The number of aliphatic hydroxyl groups excluding tert-OH is 1. The maximum Gasteiger partial charge on any atom is 0.407 e. The van der Waals surface area contributed by atoms with E-state index in [4.69, 9.17) is 18.9 Å². The molecule has 0 rings (SSSR count). The highest BCUT2D eigenvalue weighted by Gasteiger charge is 2.32. The SMILES string of the molecule is C=C(C)C(=O)OCCOC(=O)NCCC(C)CC(C)(C)C(CCO)NC(=O)OCCOC(=O)C(=C)C. The summed E-state index contributed by atoms with van der Waals surface area (Å²) in [5.74, 6) is -0.918. The van der Waals surface area contributed by atoms with Crippen molar-refractivity contribution in [2.24, 2.45) is 11.3 Å². The minimum atomic E-state index is -0.668. The van der Waals surface area contributed by atoms with Crippen molar-refractivity contribution in [3.8, 4) is 0 Å². The third-order valence-corrected chi connectivity index (χ3v) is 5.23. The van der Waals surface area contributed by atoms with Gasteiger partial charge in [-0.15, -0.1) is 0 Å². The number of esters is 2. The summed E-state index contributed by atoms with van der Waals surface area (Å²) < 4.78 is 19.8. The van der Waals surface area contributed by atoms with Gasteiger partial charge in [0.2, 0.25) is 0 Å². The number of hydrogen-bond donors (Lipinski definition) is 3. The Kier molecular flexibility index (Phi) is 15.9. The van der Waals surface area contributed by atoms with Crippen LogP contribution in [0.15, 0.2) is 24.3 Å². The zero-order valence-electron chi connectivity index (χ0n) is 22.1. The predicted octanol–water partition coefficient (Wildman–Crippen LogP) is 2.87. The Bertz CT molecular complexity index is 765. The minimum Gasteiger partial charge on any atom is -0.459 e. The third kappa shape index (κ3) is 15.0. The second-order valence-electron chi connectivity index (χ2n) is 9.33. The molecule has 2 amide bonds. The van der Waals surface area contributed by atoms with Gasteiger partial charge in [-0.2, -0.15) is 0 Å². The van der Waals surface area contributed by atoms with Crippen LogP contribution in [0.3, 0.4) is 0 Å². The van der Waals surface area contributed by atoms with Gasteiger partial charge < -0.3 is 34.7 Å². The molecule has 36 heavy (non-hydrogen) atoms. The van der Waals surface area contributed by atoms with Crippen LogP contribution in [0.5, 0.6) is 0 Å². The van der Waals surface area contributed by atoms with Crippen LogP contribution in [0.1, 0.15) is 53.9 Å². The van der Waals surface area contributed by atoms with E-state index >= 15 is 0 Å². The molecular weight excluding hydrogens is 472 g/mol. The standard InChI is InChI=1S/C25H42N2O9/c1-17(2)21(29)33-12-14-35-23(31)26-10-8-19(5)16-25(6,7)20(9-11-28)27-24(32)36-15-13-34-22(30)18(3)4/h19-20,28H,1,3,8-16H2,2,4-7H3,(H,26,31)(H,27,32). The van der Waals surface area contributed by atoms with Crippen LogP contribution < -0.4 is 10.6 Å². The monoisotopic (exact) mass is 514 g/mol. The van der Waals surface area contributed by atoms with Crippen LogP contribution in [0, 0.1) is 11.3 Å². The van der Waals surface area contributed by atoms with Gasteiger partial charge in [-0.3, -0.25) is 0 Å². The molecule has 2 atom stereocenters. The zero-order chi connectivity index (χ0) is 27.7. The van der Waals surface area contributed by atoms with Gasteiger partial charge in [0.05, 0.1) is 0 Å². The van der Waals surface area contributed by atoms with Crippen molar-refractivity contribution >= 4 is 24.1 Å². The van der Waals surface area contributed by atoms with Crippen molar-refractivity contribution in [3.05, 3.63) is 24.3 Å². The van der Waals surface area contributed by atoms with Gasteiger partial charge in [0, 0.05) is 30.3 Å². The second kappa shape index (κ2) is 17.4. The van der Waals surface area contributed by atoms with Gasteiger partial charge >= 0.3 is 24.1 Å². The number of alkyl carbamates (subject to hydrolysis) is 2. The van der Waals surface area contributed by atoms with Crippen molar-refractivity contribution in [2.75, 3.05) is 39.6 Å². The van der Waals surface area contributed by atoms with E-state index in [1.54, 1.807) is 0 Å². The molecule has 0 aliphatic carbocycles. The fourth-order valence-electron chi connectivity index (χ4n) is 3.37. The fourth-order valence-corrected chi connectivity index (χ4v) is 3.37. The van der Waals surface area contributed by atoms with Gasteiger partial charge in [-0.1, -0.05) is 33.9 Å². The summed E-state index contributed by atoms with van der Waals surface area (Å²) in [4.78, 5) is 46.6. The molecule has 0 aliphatic rings. The van der Waals surface area contributed by atoms with E-state index in [-0.39, 0.29) is 61.6 Å². The first kappa shape index (κ1) is 32.9. The summed E-state index contributed by atoms with van der Waals surface area (Å²) in [6.45, 7) is 15.9. The number of amides is 2. The van der Waals surface area contributed by atoms with Crippen molar-refractivity contribution in [1.29, 1.82) is 0 Å². The lowest BCUT2D eigenvalue weighted by Crippen LogP contribution is -2.46. The largest absolute Gasteiger partial charge is 0.459 e. The average Bonchev–Trinajstić information content (AvgIpc) is 2.78. The normalized spacial score (nSPS) is 12.5. The number of ether oxygens (including phenoxy) is 4. The highest BCUT2D eigenvalue weighted by molar-refractivity contribution is 5.87. The quantitative estimate of drug-likeness (QED) is 0.115. The molecule has 0 aromatic heterocycles. The number of aliphatic hydroxyl groups is 1. The molecule has 11 heteroatoms. The lowest BCUT2D eigenvalue weighted by atomic mass is 9.75. The Balaban J connectivity index is 4.41. The van der Waals surface area contributed by atoms with Gasteiger partial charge in [0.25, 0.3) is 0 Å². The maximum absolute atomic E-state index is 12.2. The molecule has 0 bridgehead atoms. The van der Waals surface area contributed by atoms with Crippen LogP contribution >= 0.6 is 0 Å². The van der Waals surface area contributed by atoms with Crippen LogP contribution in [-0.4, -0.2) is 74.9 Å². The molecule has 0 aromatic rings. The molecule has 11 nitrogen and oxygen atoms in total. The Labute approximate surface area is 213 Å². The first-order chi connectivity index (χ1) is 16.8. The molecule has 0 spiro atoms. The van der Waals surface area contributed by atoms with Crippen molar-refractivity contribution in [3.63, 3.8) is 0 Å². The summed E-state index contributed by atoms with van der Waals surface area (Å²) >= 11 is 0. The van der Waals surface area contributed by atoms with Crippen LogP contribution in [0.25, 0.3) is 0 Å². The number of carbonyl (C=O) groups excluding carboxylic acids is 4. The summed E-state index contributed by atoms with van der Waals surface area (Å²) in [5, 5.41) is 14.9. The van der Waals surface area contributed by atoms with E-state index in [1.165, 1.54) is 13.8 Å². The summed E-state index contributed by atoms with van der Waals surface area (Å²) in [5.41, 5.74) is 0.139. The number of hydrogen-bond acceptors (Lipinski definition) is 9. The Hall–Kier alpha value is -3.08. The fraction of sp³-hybridized carbons (Fsp3) is 0.680. The molecule has 0 heterocycles. The molecule has 0 aliphatic heterocycles. The summed E-state index contributed by atoms with van der Waals surface area (Å²) in [6.07, 6.45) is 0.415. The third-order valence-electron chi connectivity index (χ3n) is 5.23. The molecule has 0 saturated carbocycles. The average molecular weight is 515 g/mol. The van der Waals surface area contributed by atoms with Crippen LogP contribution in [0.4, 0.5) is 9.59 Å². The lowest BCUT2D eigenvalue weighted by molar-refractivity contribution is -0.140. The smallest absolute Gasteiger partial charge is 0.407 e. The van der Waals surface area contributed by atoms with Crippen molar-refractivity contribution < 1.29 is 43.2 Å². The molecular formula is C25H42N2O9. The molecule has 3 N–H and O–H groups in total. The molecule has 0 fully saturated rings. The highest BCUT2D eigenvalue weighted by atomic mass is 16.6.